The Morgan fingerprint density at radius 1 is 1.09 bits per heavy atom. The number of methoxy groups -OCH3 is 1. The monoisotopic (exact) mass is 344 g/mol. The van der Waals surface area contributed by atoms with Gasteiger partial charge in [0.1, 0.15) is 5.75 Å². The van der Waals surface area contributed by atoms with Crippen molar-refractivity contribution in [3.8, 4) is 5.75 Å². The summed E-state index contributed by atoms with van der Waals surface area (Å²) in [6, 6.07) is 7.25. The van der Waals surface area contributed by atoms with Crippen molar-refractivity contribution in [3.05, 3.63) is 29.8 Å². The largest absolute Gasteiger partial charge is 0.496 e. The molecule has 0 spiro atoms. The summed E-state index contributed by atoms with van der Waals surface area (Å²) in [5.74, 6) is 0.0185. The lowest BCUT2D eigenvalue weighted by Gasteiger charge is -2.25. The van der Waals surface area contributed by atoms with Crippen molar-refractivity contribution in [2.45, 2.75) is 32.9 Å². The second-order valence-electron chi connectivity index (χ2n) is 4.66. The highest BCUT2D eigenvalue weighted by Gasteiger charge is 2.42. The van der Waals surface area contributed by atoms with Gasteiger partial charge in [-0.1, -0.05) is 18.2 Å². The van der Waals surface area contributed by atoms with Crippen LogP contribution in [0.4, 0.5) is 0 Å². The highest BCUT2D eigenvalue weighted by Crippen LogP contribution is 2.54. The van der Waals surface area contributed by atoms with Gasteiger partial charge in [-0.05, 0) is 32.4 Å². The number of ether oxygens (including phenoxy) is 2. The molecule has 23 heavy (non-hydrogen) atoms. The summed E-state index contributed by atoms with van der Waals surface area (Å²) in [6.07, 6.45) is 0.153. The molecule has 0 heterocycles. The molecule has 1 aromatic carbocycles. The van der Waals surface area contributed by atoms with Gasteiger partial charge in [0.05, 0.1) is 26.9 Å². The predicted octanol–water partition coefficient (Wildman–Crippen LogP) is 3.44. The Hall–Kier alpha value is -1.36. The molecular formula is C16H25O6P. The Morgan fingerprint density at radius 3 is 2.22 bits per heavy atom. The molecule has 0 radical (unpaired) electrons. The quantitative estimate of drug-likeness (QED) is 0.478. The van der Waals surface area contributed by atoms with Crippen LogP contribution in [-0.2, 0) is 29.6 Å². The van der Waals surface area contributed by atoms with E-state index in [0.29, 0.717) is 5.75 Å². The standard InChI is InChI=1S/C16H25O6P/c1-5-20-16(17)15(23(18,21-6-2)22-7-3)12-13-10-8-9-11-14(13)19-4/h8-11,15H,5-7,12H2,1-4H3. The first-order valence-corrected chi connectivity index (χ1v) is 9.30. The Morgan fingerprint density at radius 2 is 1.70 bits per heavy atom. The molecular weight excluding hydrogens is 319 g/mol. The maximum atomic E-state index is 13.0. The van der Waals surface area contributed by atoms with Crippen molar-refractivity contribution >= 4 is 13.6 Å². The lowest BCUT2D eigenvalue weighted by Crippen LogP contribution is -2.28. The smallest absolute Gasteiger partial charge is 0.345 e. The third-order valence-corrected chi connectivity index (χ3v) is 5.56. The fourth-order valence-electron chi connectivity index (χ4n) is 2.22. The van der Waals surface area contributed by atoms with Gasteiger partial charge in [-0.25, -0.2) is 0 Å². The zero-order chi connectivity index (χ0) is 17.3. The highest BCUT2D eigenvalue weighted by molar-refractivity contribution is 7.55. The molecule has 7 heteroatoms. The summed E-state index contributed by atoms with van der Waals surface area (Å²) in [5, 5.41) is 0. The summed E-state index contributed by atoms with van der Waals surface area (Å²) in [7, 11) is -2.10. The zero-order valence-corrected chi connectivity index (χ0v) is 15.0. The molecule has 0 N–H and O–H groups in total. The van der Waals surface area contributed by atoms with Crippen molar-refractivity contribution in [3.63, 3.8) is 0 Å². The van der Waals surface area contributed by atoms with Gasteiger partial charge in [0.15, 0.2) is 5.66 Å². The lowest BCUT2D eigenvalue weighted by atomic mass is 10.1. The third-order valence-electron chi connectivity index (χ3n) is 3.16. The van der Waals surface area contributed by atoms with E-state index in [0.717, 1.165) is 5.56 Å². The number of rotatable bonds is 10. The van der Waals surface area contributed by atoms with Gasteiger partial charge in [0.25, 0.3) is 0 Å². The summed E-state index contributed by atoms with van der Waals surface area (Å²) in [5.41, 5.74) is -0.286. The summed E-state index contributed by atoms with van der Waals surface area (Å²) in [4.78, 5) is 12.3. The van der Waals surface area contributed by atoms with E-state index in [4.69, 9.17) is 18.5 Å². The van der Waals surface area contributed by atoms with E-state index in [1.165, 1.54) is 0 Å². The van der Waals surface area contributed by atoms with Gasteiger partial charge < -0.3 is 18.5 Å². The first-order chi connectivity index (χ1) is 11.0. The molecule has 6 nitrogen and oxygen atoms in total. The fourth-order valence-corrected chi connectivity index (χ4v) is 4.13. The number of carbonyl (C=O) groups excluding carboxylic acids is 1. The summed E-state index contributed by atoms with van der Waals surface area (Å²) in [6.45, 7) is 5.66. The van der Waals surface area contributed by atoms with E-state index >= 15 is 0 Å². The number of hydrogen-bond donors (Lipinski definition) is 0. The van der Waals surface area contributed by atoms with E-state index in [1.807, 2.05) is 18.2 Å². The number of carbonyl (C=O) groups is 1. The first kappa shape index (κ1) is 19.7. The minimum Gasteiger partial charge on any atom is -0.496 e. The van der Waals surface area contributed by atoms with E-state index < -0.39 is 19.2 Å². The number of para-hydroxylation sites is 1. The maximum absolute atomic E-state index is 13.0. The third kappa shape index (κ3) is 5.34. The van der Waals surface area contributed by atoms with Gasteiger partial charge in [-0.3, -0.25) is 9.36 Å². The van der Waals surface area contributed by atoms with Crippen molar-refractivity contribution in [2.75, 3.05) is 26.9 Å². The molecule has 0 aromatic heterocycles. The Balaban J connectivity index is 3.18. The Bertz CT molecular complexity index is 535. The molecule has 1 aromatic rings. The van der Waals surface area contributed by atoms with Crippen LogP contribution in [0, 0.1) is 0 Å². The molecule has 0 saturated carbocycles. The van der Waals surface area contributed by atoms with Crippen molar-refractivity contribution in [2.24, 2.45) is 0 Å². The van der Waals surface area contributed by atoms with Crippen molar-refractivity contribution in [1.29, 1.82) is 0 Å². The fraction of sp³-hybridized carbons (Fsp3) is 0.562. The maximum Gasteiger partial charge on any atom is 0.345 e. The van der Waals surface area contributed by atoms with Crippen LogP contribution < -0.4 is 4.74 Å². The zero-order valence-electron chi connectivity index (χ0n) is 14.1. The normalized spacial score (nSPS) is 12.7. The Kier molecular flexibility index (Phi) is 8.31. The molecule has 0 fully saturated rings. The van der Waals surface area contributed by atoms with Crippen LogP contribution in [0.2, 0.25) is 0 Å². The van der Waals surface area contributed by atoms with Crippen molar-refractivity contribution < 1.29 is 27.9 Å². The van der Waals surface area contributed by atoms with E-state index in [9.17, 15) is 9.36 Å². The van der Waals surface area contributed by atoms with Crippen LogP contribution in [0.1, 0.15) is 26.3 Å². The second-order valence-corrected chi connectivity index (χ2v) is 6.88. The van der Waals surface area contributed by atoms with Crippen molar-refractivity contribution in [1.82, 2.24) is 0 Å². The Labute approximate surface area is 137 Å². The average molecular weight is 344 g/mol. The first-order valence-electron chi connectivity index (χ1n) is 7.69. The van der Waals surface area contributed by atoms with Crippen LogP contribution in [0.25, 0.3) is 0 Å². The lowest BCUT2D eigenvalue weighted by molar-refractivity contribution is -0.143. The van der Waals surface area contributed by atoms with E-state index in [1.54, 1.807) is 33.9 Å². The predicted molar refractivity (Wildman–Crippen MR) is 88.0 cm³/mol. The molecule has 0 aliphatic heterocycles. The SMILES string of the molecule is CCOC(=O)C(Cc1ccccc1OC)P(=O)(OCC)OCC. The molecule has 1 rings (SSSR count). The summed E-state index contributed by atoms with van der Waals surface area (Å²) >= 11 is 0. The van der Waals surface area contributed by atoms with Crippen LogP contribution in [-0.4, -0.2) is 38.6 Å². The minimum absolute atomic E-state index is 0.153. The van der Waals surface area contributed by atoms with E-state index in [-0.39, 0.29) is 26.2 Å². The average Bonchev–Trinajstić information content (AvgIpc) is 2.53. The minimum atomic E-state index is -3.64. The number of esters is 1. The van der Waals surface area contributed by atoms with Crippen LogP contribution in [0.5, 0.6) is 5.75 Å². The van der Waals surface area contributed by atoms with Gasteiger partial charge >= 0.3 is 13.6 Å². The second kappa shape index (κ2) is 9.71. The molecule has 1 unspecified atom stereocenters. The van der Waals surface area contributed by atoms with Gasteiger partial charge in [0, 0.05) is 6.42 Å². The van der Waals surface area contributed by atoms with Gasteiger partial charge in [-0.15, -0.1) is 0 Å². The van der Waals surface area contributed by atoms with Crippen LogP contribution in [0.3, 0.4) is 0 Å². The van der Waals surface area contributed by atoms with E-state index in [2.05, 4.69) is 0 Å². The summed E-state index contributed by atoms with van der Waals surface area (Å²) < 4.78 is 34.1. The molecule has 0 saturated heterocycles. The molecule has 0 aliphatic carbocycles. The molecule has 0 amide bonds. The molecule has 0 aliphatic rings. The van der Waals surface area contributed by atoms with Crippen LogP contribution in [0.15, 0.2) is 24.3 Å². The van der Waals surface area contributed by atoms with Gasteiger partial charge in [0.2, 0.25) is 0 Å². The number of benzene rings is 1. The molecule has 1 atom stereocenters. The molecule has 0 bridgehead atoms. The molecule has 130 valence electrons. The number of hydrogen-bond acceptors (Lipinski definition) is 6. The topological polar surface area (TPSA) is 71.1 Å². The highest BCUT2D eigenvalue weighted by atomic mass is 31.2. The van der Waals surface area contributed by atoms with Gasteiger partial charge in [-0.2, -0.15) is 0 Å². The van der Waals surface area contributed by atoms with Crippen LogP contribution >= 0.6 is 7.60 Å².